The van der Waals surface area contributed by atoms with Gasteiger partial charge in [0.2, 0.25) is 0 Å². The molecule has 2 rings (SSSR count). The number of hydrogen-bond donors (Lipinski definition) is 1. The summed E-state index contributed by atoms with van der Waals surface area (Å²) >= 11 is -1.97. The lowest BCUT2D eigenvalue weighted by Crippen LogP contribution is -1.93. The van der Waals surface area contributed by atoms with E-state index < -0.39 is 11.1 Å². The predicted molar refractivity (Wildman–Crippen MR) is 55.5 cm³/mol. The van der Waals surface area contributed by atoms with Crippen LogP contribution in [0.3, 0.4) is 0 Å². The van der Waals surface area contributed by atoms with Crippen LogP contribution in [0.1, 0.15) is 5.69 Å². The van der Waals surface area contributed by atoms with Gasteiger partial charge < -0.3 is 4.55 Å². The highest BCUT2D eigenvalue weighted by molar-refractivity contribution is 7.79. The van der Waals surface area contributed by atoms with Gasteiger partial charge >= 0.3 is 0 Å². The molecule has 0 bridgehead atoms. The number of rotatable bonds is 1. The average molecular weight is 207 g/mol. The number of para-hydroxylation sites is 1. The van der Waals surface area contributed by atoms with Crippen LogP contribution in [0.2, 0.25) is 0 Å². The first-order valence-corrected chi connectivity index (χ1v) is 5.26. The fourth-order valence-electron chi connectivity index (χ4n) is 1.36. The number of aromatic nitrogens is 1. The van der Waals surface area contributed by atoms with Crippen molar-refractivity contribution in [2.45, 2.75) is 11.8 Å². The maximum Gasteiger partial charge on any atom is 0.188 e. The van der Waals surface area contributed by atoms with Crippen molar-refractivity contribution in [3.05, 3.63) is 36.0 Å². The fraction of sp³-hybridized carbons (Fsp3) is 0.100. The summed E-state index contributed by atoms with van der Waals surface area (Å²) in [5, 5.41) is 0.885. The Balaban J connectivity index is 2.84. The summed E-state index contributed by atoms with van der Waals surface area (Å²) < 4.78 is 20.0. The third-order valence-corrected chi connectivity index (χ3v) is 2.72. The Kier molecular flexibility index (Phi) is 2.31. The van der Waals surface area contributed by atoms with E-state index in [1.165, 1.54) is 0 Å². The van der Waals surface area contributed by atoms with Gasteiger partial charge in [0.1, 0.15) is 0 Å². The number of fused-ring (bicyclic) bond motifs is 1. The molecule has 3 nitrogen and oxygen atoms in total. The maximum absolute atomic E-state index is 11.0. The maximum atomic E-state index is 11.0. The molecule has 0 spiro atoms. The van der Waals surface area contributed by atoms with Gasteiger partial charge in [-0.3, -0.25) is 4.98 Å². The summed E-state index contributed by atoms with van der Waals surface area (Å²) in [5.41, 5.74) is 1.45. The van der Waals surface area contributed by atoms with E-state index in [1.807, 2.05) is 25.1 Å². The van der Waals surface area contributed by atoms with Gasteiger partial charge in [0.25, 0.3) is 0 Å². The quantitative estimate of drug-likeness (QED) is 0.729. The van der Waals surface area contributed by atoms with Gasteiger partial charge in [-0.05, 0) is 19.1 Å². The van der Waals surface area contributed by atoms with Crippen LogP contribution in [-0.2, 0) is 11.1 Å². The Labute approximate surface area is 84.1 Å². The Morgan fingerprint density at radius 1 is 1.29 bits per heavy atom. The van der Waals surface area contributed by atoms with Crippen LogP contribution in [0, 0.1) is 6.92 Å². The molecule has 4 heteroatoms. The van der Waals surface area contributed by atoms with Crippen LogP contribution in [0.4, 0.5) is 0 Å². The molecular weight excluding hydrogens is 198 g/mol. The van der Waals surface area contributed by atoms with Crippen molar-refractivity contribution in [2.75, 3.05) is 0 Å². The second-order valence-electron chi connectivity index (χ2n) is 3.03. The first kappa shape index (κ1) is 9.30. The van der Waals surface area contributed by atoms with Crippen molar-refractivity contribution in [3.8, 4) is 0 Å². The molecule has 1 N–H and O–H groups in total. The van der Waals surface area contributed by atoms with E-state index in [2.05, 4.69) is 4.98 Å². The molecule has 0 amide bonds. The second kappa shape index (κ2) is 3.48. The number of benzene rings is 1. The lowest BCUT2D eigenvalue weighted by molar-refractivity contribution is 0.565. The molecular formula is C10H9NO2S. The molecule has 0 aliphatic carbocycles. The molecule has 2 aromatic rings. The van der Waals surface area contributed by atoms with Crippen LogP contribution in [0.5, 0.6) is 0 Å². The first-order chi connectivity index (χ1) is 6.68. The summed E-state index contributed by atoms with van der Waals surface area (Å²) in [6.07, 6.45) is 0. The highest BCUT2D eigenvalue weighted by atomic mass is 32.2. The topological polar surface area (TPSA) is 50.2 Å². The van der Waals surface area contributed by atoms with Crippen LogP contribution < -0.4 is 0 Å². The van der Waals surface area contributed by atoms with Gasteiger partial charge in [-0.2, -0.15) is 0 Å². The Bertz CT molecular complexity index is 510. The minimum absolute atomic E-state index is 0.367. The third-order valence-electron chi connectivity index (χ3n) is 2.01. The van der Waals surface area contributed by atoms with Crippen molar-refractivity contribution < 1.29 is 8.76 Å². The molecule has 0 aliphatic rings. The molecule has 0 saturated carbocycles. The Morgan fingerprint density at radius 2 is 2.07 bits per heavy atom. The molecule has 0 aliphatic heterocycles. The zero-order valence-corrected chi connectivity index (χ0v) is 8.41. The lowest BCUT2D eigenvalue weighted by Gasteiger charge is -2.02. The first-order valence-electron chi connectivity index (χ1n) is 4.16. The van der Waals surface area contributed by atoms with E-state index in [0.29, 0.717) is 10.4 Å². The van der Waals surface area contributed by atoms with Gasteiger partial charge in [0.15, 0.2) is 11.1 Å². The highest BCUT2D eigenvalue weighted by Gasteiger charge is 2.06. The zero-order valence-electron chi connectivity index (χ0n) is 7.60. The molecule has 72 valence electrons. The molecule has 1 atom stereocenters. The second-order valence-corrected chi connectivity index (χ2v) is 3.97. The van der Waals surface area contributed by atoms with E-state index >= 15 is 0 Å². The van der Waals surface area contributed by atoms with Crippen molar-refractivity contribution in [3.63, 3.8) is 0 Å². The average Bonchev–Trinajstić information content (AvgIpc) is 2.16. The molecule has 1 unspecified atom stereocenters. The monoisotopic (exact) mass is 207 g/mol. The van der Waals surface area contributed by atoms with E-state index in [-0.39, 0.29) is 0 Å². The van der Waals surface area contributed by atoms with Crippen molar-refractivity contribution in [2.24, 2.45) is 0 Å². The minimum atomic E-state index is -1.97. The van der Waals surface area contributed by atoms with E-state index in [0.717, 1.165) is 11.1 Å². The molecule has 1 aromatic heterocycles. The predicted octanol–water partition coefficient (Wildman–Crippen LogP) is 2.12. The van der Waals surface area contributed by atoms with E-state index in [9.17, 15) is 4.21 Å². The number of pyridine rings is 1. The molecule has 0 saturated heterocycles. The third kappa shape index (κ3) is 1.54. The van der Waals surface area contributed by atoms with Gasteiger partial charge in [-0.25, -0.2) is 4.21 Å². The molecule has 14 heavy (non-hydrogen) atoms. The van der Waals surface area contributed by atoms with Crippen LogP contribution in [0.15, 0.2) is 35.2 Å². The van der Waals surface area contributed by atoms with Crippen LogP contribution in [0.25, 0.3) is 10.9 Å². The number of aryl methyl sites for hydroxylation is 1. The summed E-state index contributed by atoms with van der Waals surface area (Å²) in [5.74, 6) is 0. The number of hydrogen-bond acceptors (Lipinski definition) is 2. The normalized spacial score (nSPS) is 13.0. The SMILES string of the molecule is Cc1ccc2cccc(S(=O)O)c2n1. The highest BCUT2D eigenvalue weighted by Crippen LogP contribution is 2.19. The summed E-state index contributed by atoms with van der Waals surface area (Å²) in [7, 11) is 0. The van der Waals surface area contributed by atoms with Gasteiger partial charge in [0.05, 0.1) is 10.4 Å². The molecule has 1 heterocycles. The fourth-order valence-corrected chi connectivity index (χ4v) is 1.88. The van der Waals surface area contributed by atoms with Crippen LogP contribution in [-0.4, -0.2) is 13.7 Å². The largest absolute Gasteiger partial charge is 0.302 e. The summed E-state index contributed by atoms with van der Waals surface area (Å²) in [6, 6.07) is 9.02. The zero-order chi connectivity index (χ0) is 10.1. The Hall–Kier alpha value is -1.26. The van der Waals surface area contributed by atoms with Gasteiger partial charge in [-0.15, -0.1) is 0 Å². The van der Waals surface area contributed by atoms with Crippen molar-refractivity contribution in [1.29, 1.82) is 0 Å². The molecule has 1 aromatic carbocycles. The van der Waals surface area contributed by atoms with Crippen LogP contribution >= 0.6 is 0 Å². The summed E-state index contributed by atoms with van der Waals surface area (Å²) in [6.45, 7) is 1.86. The van der Waals surface area contributed by atoms with Gasteiger partial charge in [0, 0.05) is 11.1 Å². The smallest absolute Gasteiger partial charge is 0.188 e. The van der Waals surface area contributed by atoms with Gasteiger partial charge in [-0.1, -0.05) is 18.2 Å². The number of nitrogens with zero attached hydrogens (tertiary/aromatic N) is 1. The molecule has 0 fully saturated rings. The van der Waals surface area contributed by atoms with E-state index in [4.69, 9.17) is 4.55 Å². The standard InChI is InChI=1S/C10H9NO2S/c1-7-5-6-8-3-2-4-9(14(12)13)10(8)11-7/h2-6H,1H3,(H,12,13). The van der Waals surface area contributed by atoms with E-state index in [1.54, 1.807) is 12.1 Å². The van der Waals surface area contributed by atoms with Crippen molar-refractivity contribution >= 4 is 22.0 Å². The summed E-state index contributed by atoms with van der Waals surface area (Å²) in [4.78, 5) is 4.61. The minimum Gasteiger partial charge on any atom is -0.302 e. The Morgan fingerprint density at radius 3 is 2.79 bits per heavy atom. The van der Waals surface area contributed by atoms with Crippen molar-refractivity contribution in [1.82, 2.24) is 4.98 Å². The molecule has 0 radical (unpaired) electrons. The lowest BCUT2D eigenvalue weighted by atomic mass is 10.2.